The molecule has 0 aliphatic rings. The predicted octanol–water partition coefficient (Wildman–Crippen LogP) is 0.457. The highest BCUT2D eigenvalue weighted by molar-refractivity contribution is 5.96. The van der Waals surface area contributed by atoms with Gasteiger partial charge in [0.2, 0.25) is 0 Å². The van der Waals surface area contributed by atoms with Crippen LogP contribution in [0, 0.1) is 0 Å². The SMILES string of the molecule is NCCCC[C@H](NC(=O)c1ccc(CN)cc1)C(=O)O. The molecule has 0 aliphatic heterocycles. The van der Waals surface area contributed by atoms with E-state index in [0.717, 1.165) is 12.0 Å². The fraction of sp³-hybridized carbons (Fsp3) is 0.429. The third-order valence-corrected chi connectivity index (χ3v) is 3.00. The number of hydrogen-bond acceptors (Lipinski definition) is 4. The topological polar surface area (TPSA) is 118 Å². The van der Waals surface area contributed by atoms with Crippen LogP contribution in [0.15, 0.2) is 24.3 Å². The summed E-state index contributed by atoms with van der Waals surface area (Å²) in [4.78, 5) is 23.1. The second-order valence-corrected chi connectivity index (χ2v) is 4.55. The van der Waals surface area contributed by atoms with Crippen LogP contribution in [0.3, 0.4) is 0 Å². The molecular weight excluding hydrogens is 258 g/mol. The normalized spacial score (nSPS) is 11.9. The fourth-order valence-electron chi connectivity index (χ4n) is 1.78. The largest absolute Gasteiger partial charge is 0.480 e. The summed E-state index contributed by atoms with van der Waals surface area (Å²) >= 11 is 0. The van der Waals surface area contributed by atoms with Gasteiger partial charge in [-0.1, -0.05) is 12.1 Å². The van der Waals surface area contributed by atoms with Crippen molar-refractivity contribution in [3.63, 3.8) is 0 Å². The summed E-state index contributed by atoms with van der Waals surface area (Å²) in [5, 5.41) is 11.6. The number of benzene rings is 1. The van der Waals surface area contributed by atoms with Gasteiger partial charge in [0.05, 0.1) is 0 Å². The van der Waals surface area contributed by atoms with Crippen molar-refractivity contribution in [1.82, 2.24) is 5.32 Å². The van der Waals surface area contributed by atoms with Gasteiger partial charge >= 0.3 is 5.97 Å². The number of aliphatic carboxylic acids is 1. The first-order chi connectivity index (χ1) is 9.58. The summed E-state index contributed by atoms with van der Waals surface area (Å²) in [6.07, 6.45) is 1.78. The molecule has 1 rings (SSSR count). The van der Waals surface area contributed by atoms with Crippen molar-refractivity contribution in [3.8, 4) is 0 Å². The Morgan fingerprint density at radius 3 is 2.30 bits per heavy atom. The Labute approximate surface area is 118 Å². The molecule has 20 heavy (non-hydrogen) atoms. The Bertz CT molecular complexity index is 445. The van der Waals surface area contributed by atoms with Gasteiger partial charge in [0.1, 0.15) is 6.04 Å². The molecule has 6 nitrogen and oxygen atoms in total. The summed E-state index contributed by atoms with van der Waals surface area (Å²) in [5.41, 5.74) is 12.2. The standard InChI is InChI=1S/C14H21N3O3/c15-8-2-1-3-12(14(19)20)17-13(18)11-6-4-10(9-16)5-7-11/h4-7,12H,1-3,8-9,15-16H2,(H,17,18)(H,19,20)/t12-/m0/s1. The van der Waals surface area contributed by atoms with Gasteiger partial charge in [-0.25, -0.2) is 4.79 Å². The van der Waals surface area contributed by atoms with E-state index < -0.39 is 17.9 Å². The summed E-state index contributed by atoms with van der Waals surface area (Å²) in [6, 6.07) is 5.88. The molecule has 6 heteroatoms. The molecule has 0 saturated carbocycles. The quantitative estimate of drug-likeness (QED) is 0.515. The highest BCUT2D eigenvalue weighted by Crippen LogP contribution is 2.06. The van der Waals surface area contributed by atoms with Crippen LogP contribution in [0.5, 0.6) is 0 Å². The van der Waals surface area contributed by atoms with Gasteiger partial charge in [-0.2, -0.15) is 0 Å². The van der Waals surface area contributed by atoms with E-state index in [2.05, 4.69) is 5.32 Å². The fourth-order valence-corrected chi connectivity index (χ4v) is 1.78. The van der Waals surface area contributed by atoms with Crippen LogP contribution in [-0.2, 0) is 11.3 Å². The number of unbranched alkanes of at least 4 members (excludes halogenated alkanes) is 1. The van der Waals surface area contributed by atoms with Gasteiger partial charge in [-0.15, -0.1) is 0 Å². The van der Waals surface area contributed by atoms with Crippen molar-refractivity contribution in [3.05, 3.63) is 35.4 Å². The number of nitrogens with two attached hydrogens (primary N) is 2. The maximum atomic E-state index is 12.0. The lowest BCUT2D eigenvalue weighted by Gasteiger charge is -2.14. The average Bonchev–Trinajstić information content (AvgIpc) is 2.46. The number of carboxylic acid groups (broad SMARTS) is 1. The zero-order chi connectivity index (χ0) is 15.0. The molecule has 1 amide bonds. The molecule has 0 aromatic heterocycles. The summed E-state index contributed by atoms with van der Waals surface area (Å²) in [7, 11) is 0. The molecular formula is C14H21N3O3. The molecule has 6 N–H and O–H groups in total. The second kappa shape index (κ2) is 8.29. The van der Waals surface area contributed by atoms with Gasteiger partial charge in [-0.05, 0) is 43.5 Å². The first-order valence-electron chi connectivity index (χ1n) is 6.61. The summed E-state index contributed by atoms with van der Waals surface area (Å²) < 4.78 is 0. The van der Waals surface area contributed by atoms with E-state index in [1.54, 1.807) is 24.3 Å². The number of hydrogen-bond donors (Lipinski definition) is 4. The molecule has 0 spiro atoms. The molecule has 1 atom stereocenters. The van der Waals surface area contributed by atoms with E-state index in [9.17, 15) is 9.59 Å². The molecule has 0 bridgehead atoms. The zero-order valence-electron chi connectivity index (χ0n) is 11.3. The lowest BCUT2D eigenvalue weighted by atomic mass is 10.1. The van der Waals surface area contributed by atoms with E-state index in [0.29, 0.717) is 31.5 Å². The van der Waals surface area contributed by atoms with Crippen LogP contribution >= 0.6 is 0 Å². The minimum Gasteiger partial charge on any atom is -0.480 e. The minimum atomic E-state index is -1.03. The number of nitrogens with one attached hydrogen (secondary N) is 1. The highest BCUT2D eigenvalue weighted by Gasteiger charge is 2.19. The number of rotatable bonds is 8. The molecule has 0 saturated heterocycles. The first kappa shape index (κ1) is 16.1. The van der Waals surface area contributed by atoms with Crippen molar-refractivity contribution >= 4 is 11.9 Å². The van der Waals surface area contributed by atoms with Crippen molar-refractivity contribution < 1.29 is 14.7 Å². The van der Waals surface area contributed by atoms with E-state index >= 15 is 0 Å². The second-order valence-electron chi connectivity index (χ2n) is 4.55. The Kier molecular flexibility index (Phi) is 6.69. The van der Waals surface area contributed by atoms with E-state index in [1.807, 2.05) is 0 Å². The zero-order valence-corrected chi connectivity index (χ0v) is 11.3. The van der Waals surface area contributed by atoms with Crippen molar-refractivity contribution in [1.29, 1.82) is 0 Å². The smallest absolute Gasteiger partial charge is 0.326 e. The van der Waals surface area contributed by atoms with E-state index in [1.165, 1.54) is 0 Å². The first-order valence-corrected chi connectivity index (χ1v) is 6.61. The summed E-state index contributed by atoms with van der Waals surface area (Å²) in [5.74, 6) is -1.43. The van der Waals surface area contributed by atoms with Crippen LogP contribution in [-0.4, -0.2) is 29.6 Å². The van der Waals surface area contributed by atoms with E-state index in [4.69, 9.17) is 16.6 Å². The van der Waals surface area contributed by atoms with Crippen LogP contribution < -0.4 is 16.8 Å². The Balaban J connectivity index is 2.62. The monoisotopic (exact) mass is 279 g/mol. The Morgan fingerprint density at radius 2 is 1.80 bits per heavy atom. The number of amides is 1. The van der Waals surface area contributed by atoms with Gasteiger partial charge in [-0.3, -0.25) is 4.79 Å². The van der Waals surface area contributed by atoms with Crippen molar-refractivity contribution in [2.45, 2.75) is 31.8 Å². The molecule has 1 aromatic carbocycles. The Morgan fingerprint density at radius 1 is 1.15 bits per heavy atom. The Hall–Kier alpha value is -1.92. The average molecular weight is 279 g/mol. The molecule has 0 fully saturated rings. The number of carboxylic acids is 1. The van der Waals surface area contributed by atoms with Crippen LogP contribution in [0.4, 0.5) is 0 Å². The molecule has 1 aromatic rings. The third kappa shape index (κ3) is 4.99. The molecule has 0 radical (unpaired) electrons. The van der Waals surface area contributed by atoms with E-state index in [-0.39, 0.29) is 0 Å². The summed E-state index contributed by atoms with van der Waals surface area (Å²) in [6.45, 7) is 0.916. The number of carbonyl (C=O) groups is 2. The van der Waals surface area contributed by atoms with Crippen LogP contribution in [0.1, 0.15) is 35.2 Å². The maximum absolute atomic E-state index is 12.0. The highest BCUT2D eigenvalue weighted by atomic mass is 16.4. The minimum absolute atomic E-state index is 0.374. The predicted molar refractivity (Wildman–Crippen MR) is 76.1 cm³/mol. The molecule has 0 heterocycles. The van der Waals surface area contributed by atoms with Crippen LogP contribution in [0.2, 0.25) is 0 Å². The van der Waals surface area contributed by atoms with Crippen molar-refractivity contribution in [2.75, 3.05) is 6.54 Å². The lowest BCUT2D eigenvalue weighted by Crippen LogP contribution is -2.40. The lowest BCUT2D eigenvalue weighted by molar-refractivity contribution is -0.139. The third-order valence-electron chi connectivity index (χ3n) is 3.00. The molecule has 0 aliphatic carbocycles. The van der Waals surface area contributed by atoms with Gasteiger partial charge < -0.3 is 21.9 Å². The maximum Gasteiger partial charge on any atom is 0.326 e. The van der Waals surface area contributed by atoms with Crippen molar-refractivity contribution in [2.24, 2.45) is 11.5 Å². The van der Waals surface area contributed by atoms with Gasteiger partial charge in [0.25, 0.3) is 5.91 Å². The number of carbonyl (C=O) groups excluding carboxylic acids is 1. The van der Waals surface area contributed by atoms with Crippen LogP contribution in [0.25, 0.3) is 0 Å². The molecule has 0 unspecified atom stereocenters. The molecule has 110 valence electrons. The van der Waals surface area contributed by atoms with Gasteiger partial charge in [0.15, 0.2) is 0 Å². The van der Waals surface area contributed by atoms with Gasteiger partial charge in [0, 0.05) is 12.1 Å².